The number of carbonyl (C=O) groups excluding carboxylic acids is 2. The molecule has 3 aromatic rings. The van der Waals surface area contributed by atoms with Gasteiger partial charge in [0.2, 0.25) is 0 Å². The van der Waals surface area contributed by atoms with E-state index < -0.39 is 19.8 Å². The molecule has 1 aliphatic heterocycles. The lowest BCUT2D eigenvalue weighted by Gasteiger charge is -2.18. The lowest BCUT2D eigenvalue weighted by Crippen LogP contribution is -2.28. The largest absolute Gasteiger partial charge is 0.524 e. The first-order chi connectivity index (χ1) is 16.3. The molecular formula is C23H20ClN2O7P. The fourth-order valence-electron chi connectivity index (χ4n) is 3.86. The molecule has 9 nitrogen and oxygen atoms in total. The quantitative estimate of drug-likeness (QED) is 0.192. The summed E-state index contributed by atoms with van der Waals surface area (Å²) >= 11 is 6.19. The number of carbonyl (C=O) groups is 2. The van der Waals surface area contributed by atoms with Crippen LogP contribution in [0.25, 0.3) is 10.8 Å². The molecule has 3 aromatic carbocycles. The van der Waals surface area contributed by atoms with Crippen LogP contribution in [0.5, 0.6) is 5.75 Å². The zero-order valence-electron chi connectivity index (χ0n) is 17.6. The first kappa shape index (κ1) is 23.8. The van der Waals surface area contributed by atoms with E-state index in [1.54, 1.807) is 54.6 Å². The van der Waals surface area contributed by atoms with E-state index in [1.165, 1.54) is 11.0 Å². The normalized spacial score (nSPS) is 15.4. The van der Waals surface area contributed by atoms with Crippen molar-refractivity contribution in [1.29, 1.82) is 0 Å². The van der Waals surface area contributed by atoms with Gasteiger partial charge in [-0.3, -0.25) is 19.9 Å². The average Bonchev–Trinajstić information content (AvgIpc) is 3.17. The number of halogens is 1. The third-order valence-electron chi connectivity index (χ3n) is 5.20. The molecule has 0 saturated carbocycles. The van der Waals surface area contributed by atoms with Crippen molar-refractivity contribution in [2.45, 2.75) is 5.92 Å². The van der Waals surface area contributed by atoms with Crippen LogP contribution in [0.4, 0.5) is 16.2 Å². The molecule has 2 amide bonds. The number of anilines is 2. The van der Waals surface area contributed by atoms with E-state index in [-0.39, 0.29) is 24.1 Å². The number of phosphoric ester groups is 1. The summed E-state index contributed by atoms with van der Waals surface area (Å²) in [4.78, 5) is 44.9. The summed E-state index contributed by atoms with van der Waals surface area (Å²) in [5.74, 6) is -0.554. The summed E-state index contributed by atoms with van der Waals surface area (Å²) in [6.45, 7) is 0.238. The number of ether oxygens (including phenoxy) is 1. The minimum Gasteiger partial charge on any atom is -0.418 e. The number of hydrogen-bond donors (Lipinski definition) is 3. The number of nitrogens with zero attached hydrogens (tertiary/aromatic N) is 1. The highest BCUT2D eigenvalue weighted by Crippen LogP contribution is 2.49. The van der Waals surface area contributed by atoms with Crippen LogP contribution in [0.2, 0.25) is 0 Å². The van der Waals surface area contributed by atoms with E-state index in [0.29, 0.717) is 22.1 Å². The van der Waals surface area contributed by atoms with Crippen LogP contribution in [0.3, 0.4) is 0 Å². The van der Waals surface area contributed by atoms with E-state index in [4.69, 9.17) is 20.9 Å². The van der Waals surface area contributed by atoms with E-state index in [9.17, 15) is 23.9 Å². The van der Waals surface area contributed by atoms with Gasteiger partial charge in [0.25, 0.3) is 5.91 Å². The Morgan fingerprint density at radius 1 is 1.12 bits per heavy atom. The maximum absolute atomic E-state index is 12.9. The van der Waals surface area contributed by atoms with Crippen molar-refractivity contribution in [2.24, 2.45) is 0 Å². The fraction of sp³-hybridized carbons (Fsp3) is 0.130. The second-order valence-electron chi connectivity index (χ2n) is 7.43. The molecule has 0 bridgehead atoms. The first-order valence-electron chi connectivity index (χ1n) is 10.1. The molecular weight excluding hydrogens is 483 g/mol. The molecule has 0 spiro atoms. The second kappa shape index (κ2) is 9.87. The molecule has 1 atom stereocenters. The van der Waals surface area contributed by atoms with Gasteiger partial charge in [-0.1, -0.05) is 42.5 Å². The number of rotatable bonds is 6. The highest BCUT2D eigenvalue weighted by Gasteiger charge is 2.34. The van der Waals surface area contributed by atoms with E-state index in [0.717, 1.165) is 17.9 Å². The Labute approximate surface area is 199 Å². The molecule has 11 heteroatoms. The standard InChI is InChI=1S/C23H20ClN2O7P/c24-13-15-14-26(21(27)10-11-32-23(28)25-16-6-2-1-3-7-16)19-12-20(33-34(29,30)31)17-8-4-5-9-18(17)22(15)19/h1-12,15H,13-14H2,(H,25,28)(H2,29,30,31)/b11-10-/t15-/m1/s1. The van der Waals surface area contributed by atoms with Crippen LogP contribution in [-0.2, 0) is 14.1 Å². The summed E-state index contributed by atoms with van der Waals surface area (Å²) in [5.41, 5.74) is 1.72. The lowest BCUT2D eigenvalue weighted by atomic mass is 9.95. The Morgan fingerprint density at radius 2 is 1.79 bits per heavy atom. The van der Waals surface area contributed by atoms with Gasteiger partial charge in [0.1, 0.15) is 12.0 Å². The van der Waals surface area contributed by atoms with Crippen molar-refractivity contribution >= 4 is 53.6 Å². The average molecular weight is 503 g/mol. The molecule has 34 heavy (non-hydrogen) atoms. The maximum atomic E-state index is 12.9. The molecule has 3 N–H and O–H groups in total. The SMILES string of the molecule is O=C(Nc1ccccc1)O/C=C\C(=O)N1C[C@@H](CCl)c2c1cc(OP(=O)(O)O)c1ccccc21. The number of para-hydroxylation sites is 1. The van der Waals surface area contributed by atoms with Gasteiger partial charge in [-0.25, -0.2) is 9.36 Å². The van der Waals surface area contributed by atoms with Crippen molar-refractivity contribution in [3.05, 3.63) is 78.6 Å². The van der Waals surface area contributed by atoms with E-state index in [1.807, 2.05) is 0 Å². The van der Waals surface area contributed by atoms with Gasteiger partial charge in [0.15, 0.2) is 0 Å². The Bertz CT molecular complexity index is 1310. The molecule has 0 aliphatic carbocycles. The number of hydrogen-bond acceptors (Lipinski definition) is 5. The van der Waals surface area contributed by atoms with Crippen LogP contribution in [-0.4, -0.2) is 34.2 Å². The van der Waals surface area contributed by atoms with Crippen molar-refractivity contribution < 1.29 is 33.2 Å². The first-order valence-corrected chi connectivity index (χ1v) is 12.2. The fourth-order valence-corrected chi connectivity index (χ4v) is 4.52. The molecule has 0 fully saturated rings. The number of fused-ring (bicyclic) bond motifs is 3. The van der Waals surface area contributed by atoms with E-state index in [2.05, 4.69) is 5.32 Å². The highest BCUT2D eigenvalue weighted by molar-refractivity contribution is 7.46. The number of alkyl halides is 1. The van der Waals surface area contributed by atoms with Gasteiger partial charge >= 0.3 is 13.9 Å². The molecule has 0 unspecified atom stereocenters. The molecule has 4 rings (SSSR count). The molecule has 0 aromatic heterocycles. The van der Waals surface area contributed by atoms with Crippen LogP contribution >= 0.6 is 19.4 Å². The van der Waals surface area contributed by atoms with Crippen LogP contribution < -0.4 is 14.7 Å². The van der Waals surface area contributed by atoms with Gasteiger partial charge in [0.05, 0.1) is 5.69 Å². The third-order valence-corrected chi connectivity index (χ3v) is 6.01. The zero-order chi connectivity index (χ0) is 24.3. The molecule has 0 saturated heterocycles. The predicted molar refractivity (Wildman–Crippen MR) is 128 cm³/mol. The summed E-state index contributed by atoms with van der Waals surface area (Å²) in [5, 5.41) is 3.69. The third kappa shape index (κ3) is 5.24. The molecule has 1 heterocycles. The van der Waals surface area contributed by atoms with Crippen molar-refractivity contribution in [3.8, 4) is 5.75 Å². The maximum Gasteiger partial charge on any atom is 0.524 e. The van der Waals surface area contributed by atoms with Crippen molar-refractivity contribution in [3.63, 3.8) is 0 Å². The van der Waals surface area contributed by atoms with Gasteiger partial charge < -0.3 is 14.2 Å². The minimum absolute atomic E-state index is 0.0572. The minimum atomic E-state index is -4.85. The monoisotopic (exact) mass is 502 g/mol. The summed E-state index contributed by atoms with van der Waals surface area (Å²) < 4.78 is 21.4. The smallest absolute Gasteiger partial charge is 0.418 e. The summed E-state index contributed by atoms with van der Waals surface area (Å²) in [6.07, 6.45) is 1.30. The van der Waals surface area contributed by atoms with Crippen LogP contribution in [0.15, 0.2) is 73.0 Å². The zero-order valence-corrected chi connectivity index (χ0v) is 19.3. The molecule has 0 radical (unpaired) electrons. The van der Waals surface area contributed by atoms with Gasteiger partial charge in [0, 0.05) is 41.6 Å². The van der Waals surface area contributed by atoms with Crippen LogP contribution in [0, 0.1) is 0 Å². The van der Waals surface area contributed by atoms with Crippen molar-refractivity contribution in [2.75, 3.05) is 22.6 Å². The summed E-state index contributed by atoms with van der Waals surface area (Å²) in [7, 11) is -4.85. The van der Waals surface area contributed by atoms with Crippen molar-refractivity contribution in [1.82, 2.24) is 0 Å². The second-order valence-corrected chi connectivity index (χ2v) is 8.91. The lowest BCUT2D eigenvalue weighted by molar-refractivity contribution is -0.114. The number of benzene rings is 3. The van der Waals surface area contributed by atoms with E-state index >= 15 is 0 Å². The highest BCUT2D eigenvalue weighted by atomic mass is 35.5. The van der Waals surface area contributed by atoms with Gasteiger partial charge in [-0.05, 0) is 23.1 Å². The number of phosphoric acid groups is 1. The topological polar surface area (TPSA) is 125 Å². The summed E-state index contributed by atoms with van der Waals surface area (Å²) in [6, 6.07) is 17.0. The Kier molecular flexibility index (Phi) is 6.90. The molecule has 176 valence electrons. The number of amides is 2. The van der Waals surface area contributed by atoms with Gasteiger partial charge in [-0.2, -0.15) is 0 Å². The Balaban J connectivity index is 1.60. The molecule has 1 aliphatic rings. The number of nitrogens with one attached hydrogen (secondary N) is 1. The Morgan fingerprint density at radius 3 is 2.47 bits per heavy atom. The predicted octanol–water partition coefficient (Wildman–Crippen LogP) is 4.74. The van der Waals surface area contributed by atoms with Gasteiger partial charge in [-0.15, -0.1) is 11.6 Å². The Hall–Kier alpha value is -3.36. The van der Waals surface area contributed by atoms with Crippen LogP contribution in [0.1, 0.15) is 11.5 Å².